The highest BCUT2D eigenvalue weighted by atomic mass is 35.5. The summed E-state index contributed by atoms with van der Waals surface area (Å²) in [6, 6.07) is 5.82. The van der Waals surface area contributed by atoms with Gasteiger partial charge in [0.05, 0.1) is 11.7 Å². The van der Waals surface area contributed by atoms with Gasteiger partial charge in [-0.1, -0.05) is 25.8 Å². The van der Waals surface area contributed by atoms with Crippen LogP contribution in [0.4, 0.5) is 0 Å². The average molecular weight is 485 g/mol. The number of carbonyl (C=O) groups is 3. The Morgan fingerprint density at radius 2 is 2.03 bits per heavy atom. The summed E-state index contributed by atoms with van der Waals surface area (Å²) in [5.74, 6) is -0.0730. The maximum absolute atomic E-state index is 13.8. The lowest BCUT2D eigenvalue weighted by Crippen LogP contribution is -2.55. The predicted octanol–water partition coefficient (Wildman–Crippen LogP) is 2.58. The van der Waals surface area contributed by atoms with Crippen molar-refractivity contribution in [1.29, 1.82) is 0 Å². The number of nitrogens with zero attached hydrogens (tertiary/aromatic N) is 3. The number of carbonyl (C=O) groups excluding carboxylic acids is 3. The summed E-state index contributed by atoms with van der Waals surface area (Å²) in [6.07, 6.45) is 8.38. The van der Waals surface area contributed by atoms with E-state index in [9.17, 15) is 14.4 Å². The van der Waals surface area contributed by atoms with Crippen molar-refractivity contribution in [3.05, 3.63) is 48.5 Å². The van der Waals surface area contributed by atoms with Crippen molar-refractivity contribution < 1.29 is 19.1 Å². The summed E-state index contributed by atoms with van der Waals surface area (Å²) < 4.78 is 7.37. The Balaban J connectivity index is 1.39. The standard InChI is InChI=1S/C25H29ClN4O4/c1-15-5-7-16(8-6-15)21(25(33)30-12-19(26)23-22(30)20(31)13-34-23)28-24(32)17-3-2-4-18(11-17)29-10-9-27-14-29/h2-4,9-11,14-16,19,21-23H,5-8,12-13H2,1H3,(H,28,32)/t15?,16?,19-,21+,22-,23-/m1/s1. The van der Waals surface area contributed by atoms with Gasteiger partial charge in [0.1, 0.15) is 24.8 Å². The highest BCUT2D eigenvalue weighted by Crippen LogP contribution is 2.35. The minimum atomic E-state index is -0.715. The third-order valence-corrected chi connectivity index (χ3v) is 7.79. The molecule has 2 saturated heterocycles. The van der Waals surface area contributed by atoms with Crippen LogP contribution < -0.4 is 5.32 Å². The van der Waals surface area contributed by atoms with E-state index in [1.54, 1.807) is 41.8 Å². The fourth-order valence-corrected chi connectivity index (χ4v) is 5.81. The molecule has 1 aromatic carbocycles. The number of halogens is 1. The third-order valence-electron chi connectivity index (χ3n) is 7.40. The number of nitrogens with one attached hydrogen (secondary N) is 1. The lowest BCUT2D eigenvalue weighted by Gasteiger charge is -2.35. The molecule has 0 unspecified atom stereocenters. The molecular formula is C25H29ClN4O4. The zero-order valence-corrected chi connectivity index (χ0v) is 19.9. The normalized spacial score (nSPS) is 29.6. The molecule has 0 bridgehead atoms. The summed E-state index contributed by atoms with van der Waals surface area (Å²) in [5, 5.41) is 2.59. The summed E-state index contributed by atoms with van der Waals surface area (Å²) in [7, 11) is 0. The van der Waals surface area contributed by atoms with Crippen LogP contribution in [-0.4, -0.2) is 68.8 Å². The Bertz CT molecular complexity index is 1070. The number of likely N-dealkylation sites (tertiary alicyclic amines) is 1. The van der Waals surface area contributed by atoms with Gasteiger partial charge in [0, 0.05) is 30.2 Å². The topological polar surface area (TPSA) is 93.5 Å². The second-order valence-electron chi connectivity index (χ2n) is 9.68. The van der Waals surface area contributed by atoms with Crippen LogP contribution in [0, 0.1) is 11.8 Å². The molecule has 180 valence electrons. The van der Waals surface area contributed by atoms with E-state index in [1.165, 1.54) is 0 Å². The molecule has 3 aliphatic rings. The molecule has 34 heavy (non-hydrogen) atoms. The quantitative estimate of drug-likeness (QED) is 0.658. The van der Waals surface area contributed by atoms with Crippen molar-refractivity contribution in [3.63, 3.8) is 0 Å². The Labute approximate surface area is 203 Å². The molecule has 0 spiro atoms. The van der Waals surface area contributed by atoms with E-state index < -0.39 is 23.6 Å². The van der Waals surface area contributed by atoms with Gasteiger partial charge < -0.3 is 19.5 Å². The van der Waals surface area contributed by atoms with Crippen LogP contribution in [0.1, 0.15) is 43.0 Å². The van der Waals surface area contributed by atoms with Crippen LogP contribution >= 0.6 is 11.6 Å². The van der Waals surface area contributed by atoms with Crippen LogP contribution in [0.2, 0.25) is 0 Å². The van der Waals surface area contributed by atoms with E-state index in [-0.39, 0.29) is 36.7 Å². The average Bonchev–Trinajstić information content (AvgIpc) is 3.58. The van der Waals surface area contributed by atoms with Crippen LogP contribution in [0.5, 0.6) is 0 Å². The van der Waals surface area contributed by atoms with Crippen LogP contribution in [-0.2, 0) is 14.3 Å². The highest BCUT2D eigenvalue weighted by Gasteiger charge is 2.53. The zero-order valence-electron chi connectivity index (χ0n) is 19.1. The van der Waals surface area contributed by atoms with Crippen molar-refractivity contribution in [2.45, 2.75) is 56.2 Å². The highest BCUT2D eigenvalue weighted by molar-refractivity contribution is 6.22. The number of hydrogen-bond donors (Lipinski definition) is 1. The number of aromatic nitrogens is 2. The Hall–Kier alpha value is -2.71. The van der Waals surface area contributed by atoms with Gasteiger partial charge in [-0.25, -0.2) is 4.98 Å². The first kappa shape index (κ1) is 23.1. The molecule has 5 rings (SSSR count). The number of ether oxygens (including phenoxy) is 1. The largest absolute Gasteiger partial charge is 0.366 e. The molecule has 9 heteroatoms. The van der Waals surface area contributed by atoms with Crippen molar-refractivity contribution in [3.8, 4) is 5.69 Å². The maximum Gasteiger partial charge on any atom is 0.252 e. The molecule has 8 nitrogen and oxygen atoms in total. The van der Waals surface area contributed by atoms with Gasteiger partial charge in [-0.2, -0.15) is 0 Å². The molecule has 2 aromatic rings. The van der Waals surface area contributed by atoms with E-state index in [2.05, 4.69) is 17.2 Å². The second kappa shape index (κ2) is 9.50. The van der Waals surface area contributed by atoms with Gasteiger partial charge in [0.15, 0.2) is 5.78 Å². The van der Waals surface area contributed by atoms with Gasteiger partial charge in [-0.05, 0) is 42.9 Å². The maximum atomic E-state index is 13.8. The summed E-state index contributed by atoms with van der Waals surface area (Å²) in [5.41, 5.74) is 1.27. The van der Waals surface area contributed by atoms with Crippen molar-refractivity contribution in [2.24, 2.45) is 11.8 Å². The molecule has 2 aliphatic heterocycles. The molecule has 1 saturated carbocycles. The molecule has 1 aliphatic carbocycles. The Morgan fingerprint density at radius 3 is 2.76 bits per heavy atom. The SMILES string of the molecule is CC1CCC([C@H](NC(=O)c2cccc(-n3ccnc3)c2)C(=O)N2C[C@@H](Cl)[C@H]3OCC(=O)[C@H]32)CC1. The molecular weight excluding hydrogens is 456 g/mol. The van der Waals surface area contributed by atoms with Crippen molar-refractivity contribution in [2.75, 3.05) is 13.2 Å². The zero-order chi connectivity index (χ0) is 23.8. The fraction of sp³-hybridized carbons (Fsp3) is 0.520. The Kier molecular flexibility index (Phi) is 6.44. The number of alkyl halides is 1. The van der Waals surface area contributed by atoms with Gasteiger partial charge in [0.25, 0.3) is 5.91 Å². The van der Waals surface area contributed by atoms with E-state index in [1.807, 2.05) is 10.6 Å². The first-order valence-electron chi connectivity index (χ1n) is 11.9. The van der Waals surface area contributed by atoms with Gasteiger partial charge in [-0.15, -0.1) is 11.6 Å². The number of hydrogen-bond acceptors (Lipinski definition) is 5. The molecule has 2 amide bonds. The molecule has 0 radical (unpaired) electrons. The summed E-state index contributed by atoms with van der Waals surface area (Å²) in [6.45, 7) is 2.43. The monoisotopic (exact) mass is 484 g/mol. The molecule has 1 N–H and O–H groups in total. The number of fused-ring (bicyclic) bond motifs is 1. The predicted molar refractivity (Wildman–Crippen MR) is 126 cm³/mol. The lowest BCUT2D eigenvalue weighted by molar-refractivity contribution is -0.139. The number of rotatable bonds is 5. The van der Waals surface area contributed by atoms with E-state index in [4.69, 9.17) is 16.3 Å². The lowest BCUT2D eigenvalue weighted by atomic mass is 9.78. The summed E-state index contributed by atoms with van der Waals surface area (Å²) >= 11 is 6.43. The van der Waals surface area contributed by atoms with Crippen LogP contribution in [0.15, 0.2) is 43.0 Å². The number of ketones is 1. The minimum Gasteiger partial charge on any atom is -0.366 e. The van der Waals surface area contributed by atoms with Gasteiger partial charge in [0.2, 0.25) is 5.91 Å². The minimum absolute atomic E-state index is 0.00901. The van der Waals surface area contributed by atoms with Gasteiger partial charge in [-0.3, -0.25) is 14.4 Å². The second-order valence-corrected chi connectivity index (χ2v) is 10.2. The Morgan fingerprint density at radius 1 is 1.24 bits per heavy atom. The molecule has 3 fully saturated rings. The number of benzene rings is 1. The van der Waals surface area contributed by atoms with Crippen molar-refractivity contribution in [1.82, 2.24) is 19.8 Å². The van der Waals surface area contributed by atoms with Crippen molar-refractivity contribution >= 4 is 29.2 Å². The third kappa shape index (κ3) is 4.36. The first-order valence-corrected chi connectivity index (χ1v) is 12.3. The fourth-order valence-electron chi connectivity index (χ4n) is 5.45. The van der Waals surface area contributed by atoms with Crippen LogP contribution in [0.3, 0.4) is 0 Å². The molecule has 4 atom stereocenters. The van der Waals surface area contributed by atoms with E-state index in [0.717, 1.165) is 31.4 Å². The number of Topliss-reactive ketones (excluding diaryl/α,β-unsaturated/α-hetero) is 1. The molecule has 3 heterocycles. The smallest absolute Gasteiger partial charge is 0.252 e. The molecule has 1 aromatic heterocycles. The number of imidazole rings is 1. The van der Waals surface area contributed by atoms with E-state index >= 15 is 0 Å². The van der Waals surface area contributed by atoms with E-state index in [0.29, 0.717) is 11.5 Å². The summed E-state index contributed by atoms with van der Waals surface area (Å²) in [4.78, 5) is 45.2. The van der Waals surface area contributed by atoms with Crippen LogP contribution in [0.25, 0.3) is 5.69 Å². The first-order chi connectivity index (χ1) is 16.4. The van der Waals surface area contributed by atoms with Gasteiger partial charge >= 0.3 is 0 Å². The number of amides is 2.